The maximum absolute atomic E-state index is 12.6. The summed E-state index contributed by atoms with van der Waals surface area (Å²) in [5.74, 6) is -0.619. The number of rotatable bonds is 2. The second-order valence-corrected chi connectivity index (χ2v) is 5.35. The molecule has 0 aliphatic carbocycles. The first-order chi connectivity index (χ1) is 11.8. The van der Waals surface area contributed by atoms with Gasteiger partial charge in [0.25, 0.3) is 11.5 Å². The van der Waals surface area contributed by atoms with E-state index in [0.717, 1.165) is 28.9 Å². The van der Waals surface area contributed by atoms with Crippen LogP contribution in [0.4, 0.5) is 18.9 Å². The fourth-order valence-corrected chi connectivity index (χ4v) is 2.40. The van der Waals surface area contributed by atoms with Gasteiger partial charge in [0, 0.05) is 18.1 Å². The second-order valence-electron chi connectivity index (χ2n) is 5.35. The number of hydrogen-bond acceptors (Lipinski definition) is 3. The lowest BCUT2D eigenvalue weighted by molar-refractivity contribution is -0.137. The van der Waals surface area contributed by atoms with Crippen molar-refractivity contribution in [3.8, 4) is 0 Å². The number of aryl methyl sites for hydroxylation is 1. The molecule has 0 saturated heterocycles. The lowest BCUT2D eigenvalue weighted by atomic mass is 10.1. The summed E-state index contributed by atoms with van der Waals surface area (Å²) < 4.78 is 38.8. The summed E-state index contributed by atoms with van der Waals surface area (Å²) in [7, 11) is 1.42. The molecule has 0 radical (unpaired) electrons. The van der Waals surface area contributed by atoms with Crippen LogP contribution in [0.25, 0.3) is 10.8 Å². The maximum Gasteiger partial charge on any atom is 0.416 e. The van der Waals surface area contributed by atoms with E-state index in [1.165, 1.54) is 7.05 Å². The van der Waals surface area contributed by atoms with Crippen molar-refractivity contribution in [2.75, 3.05) is 5.32 Å². The molecule has 0 fully saturated rings. The molecule has 0 spiro atoms. The fourth-order valence-electron chi connectivity index (χ4n) is 2.40. The highest BCUT2D eigenvalue weighted by atomic mass is 19.4. The Kier molecular flexibility index (Phi) is 4.03. The summed E-state index contributed by atoms with van der Waals surface area (Å²) in [4.78, 5) is 24.5. The van der Waals surface area contributed by atoms with Crippen molar-refractivity contribution < 1.29 is 18.0 Å². The minimum atomic E-state index is -4.45. The van der Waals surface area contributed by atoms with Crippen LogP contribution in [0.3, 0.4) is 0 Å². The number of hydrogen-bond donors (Lipinski definition) is 1. The lowest BCUT2D eigenvalue weighted by Gasteiger charge is -2.10. The number of anilines is 1. The zero-order valence-electron chi connectivity index (χ0n) is 13.0. The van der Waals surface area contributed by atoms with Gasteiger partial charge in [-0.2, -0.15) is 18.3 Å². The fraction of sp³-hybridized carbons (Fsp3) is 0.118. The van der Waals surface area contributed by atoms with E-state index in [1.807, 2.05) is 0 Å². The molecule has 0 atom stereocenters. The summed E-state index contributed by atoms with van der Waals surface area (Å²) in [6.07, 6.45) is -4.45. The van der Waals surface area contributed by atoms with E-state index in [0.29, 0.717) is 10.8 Å². The van der Waals surface area contributed by atoms with E-state index in [-0.39, 0.29) is 16.9 Å². The summed E-state index contributed by atoms with van der Waals surface area (Å²) in [6, 6.07) is 10.6. The number of carbonyl (C=O) groups excluding carboxylic acids is 1. The average molecular weight is 347 g/mol. The van der Waals surface area contributed by atoms with Crippen LogP contribution in [-0.2, 0) is 13.2 Å². The second kappa shape index (κ2) is 6.04. The number of halogens is 3. The molecule has 1 amide bonds. The van der Waals surface area contributed by atoms with Crippen LogP contribution < -0.4 is 10.9 Å². The lowest BCUT2D eigenvalue weighted by Crippen LogP contribution is -2.25. The Bertz CT molecular complexity index is 1010. The molecular formula is C17H12F3N3O2. The van der Waals surface area contributed by atoms with Crippen LogP contribution in [-0.4, -0.2) is 15.7 Å². The van der Waals surface area contributed by atoms with Gasteiger partial charge >= 0.3 is 6.18 Å². The van der Waals surface area contributed by atoms with Crippen LogP contribution in [0.1, 0.15) is 16.1 Å². The van der Waals surface area contributed by atoms with E-state index in [1.54, 1.807) is 24.3 Å². The molecule has 1 N–H and O–H groups in total. The molecule has 25 heavy (non-hydrogen) atoms. The number of nitrogens with one attached hydrogen (secondary N) is 1. The van der Waals surface area contributed by atoms with Crippen molar-refractivity contribution >= 4 is 22.4 Å². The Morgan fingerprint density at radius 1 is 1.04 bits per heavy atom. The summed E-state index contributed by atoms with van der Waals surface area (Å²) >= 11 is 0. The average Bonchev–Trinajstić information content (AvgIpc) is 2.57. The number of carbonyl (C=O) groups is 1. The molecule has 128 valence electrons. The minimum Gasteiger partial charge on any atom is -0.321 e. The van der Waals surface area contributed by atoms with Gasteiger partial charge in [-0.3, -0.25) is 9.59 Å². The monoisotopic (exact) mass is 347 g/mol. The van der Waals surface area contributed by atoms with Gasteiger partial charge in [-0.25, -0.2) is 4.68 Å². The molecule has 2 aromatic carbocycles. The maximum atomic E-state index is 12.6. The molecule has 1 heterocycles. The van der Waals surface area contributed by atoms with Gasteiger partial charge in [-0.15, -0.1) is 0 Å². The Labute approximate surface area is 139 Å². The first-order valence-corrected chi connectivity index (χ1v) is 7.22. The van der Waals surface area contributed by atoms with Gasteiger partial charge in [-0.1, -0.05) is 18.2 Å². The first-order valence-electron chi connectivity index (χ1n) is 7.22. The zero-order chi connectivity index (χ0) is 18.2. The summed E-state index contributed by atoms with van der Waals surface area (Å²) in [5, 5.41) is 7.16. The molecule has 0 aliphatic heterocycles. The van der Waals surface area contributed by atoms with Gasteiger partial charge in [0.15, 0.2) is 5.69 Å². The van der Waals surface area contributed by atoms with Crippen LogP contribution in [0.2, 0.25) is 0 Å². The van der Waals surface area contributed by atoms with Crippen molar-refractivity contribution in [3.63, 3.8) is 0 Å². The Balaban J connectivity index is 1.96. The third-order valence-corrected chi connectivity index (χ3v) is 3.64. The Morgan fingerprint density at radius 2 is 1.64 bits per heavy atom. The predicted octanol–water partition coefficient (Wildman–Crippen LogP) is 3.20. The highest BCUT2D eigenvalue weighted by molar-refractivity contribution is 6.11. The molecule has 0 aliphatic rings. The molecule has 1 aromatic heterocycles. The van der Waals surface area contributed by atoms with Crippen LogP contribution in [0, 0.1) is 0 Å². The third-order valence-electron chi connectivity index (χ3n) is 3.64. The third kappa shape index (κ3) is 3.23. The highest BCUT2D eigenvalue weighted by Crippen LogP contribution is 2.29. The number of benzene rings is 2. The number of aromatic nitrogens is 2. The molecule has 3 rings (SSSR count). The van der Waals surface area contributed by atoms with Gasteiger partial charge in [0.05, 0.1) is 10.9 Å². The van der Waals surface area contributed by atoms with Crippen molar-refractivity contribution in [2.24, 2.45) is 7.05 Å². The van der Waals surface area contributed by atoms with Crippen molar-refractivity contribution in [2.45, 2.75) is 6.18 Å². The topological polar surface area (TPSA) is 64.0 Å². The molecule has 8 heteroatoms. The number of alkyl halides is 3. The number of fused-ring (bicyclic) bond motifs is 1. The highest BCUT2D eigenvalue weighted by Gasteiger charge is 2.30. The van der Waals surface area contributed by atoms with Crippen LogP contribution >= 0.6 is 0 Å². The Morgan fingerprint density at radius 3 is 2.24 bits per heavy atom. The van der Waals surface area contributed by atoms with E-state index in [9.17, 15) is 22.8 Å². The summed E-state index contributed by atoms with van der Waals surface area (Å²) in [6.45, 7) is 0. The zero-order valence-corrected chi connectivity index (χ0v) is 13.0. The largest absolute Gasteiger partial charge is 0.416 e. The van der Waals surface area contributed by atoms with Crippen LogP contribution in [0.15, 0.2) is 53.3 Å². The Hall–Kier alpha value is -3.16. The van der Waals surface area contributed by atoms with E-state index in [4.69, 9.17) is 0 Å². The normalized spacial score (nSPS) is 11.5. The first kappa shape index (κ1) is 16.7. The van der Waals surface area contributed by atoms with Gasteiger partial charge in [0.1, 0.15) is 0 Å². The molecular weight excluding hydrogens is 335 g/mol. The number of amides is 1. The molecule has 0 saturated carbocycles. The molecule has 0 unspecified atom stereocenters. The molecule has 0 bridgehead atoms. The molecule has 3 aromatic rings. The molecule has 5 nitrogen and oxygen atoms in total. The minimum absolute atomic E-state index is 0.0117. The van der Waals surface area contributed by atoms with Gasteiger partial charge in [0.2, 0.25) is 0 Å². The quantitative estimate of drug-likeness (QED) is 0.774. The van der Waals surface area contributed by atoms with E-state index in [2.05, 4.69) is 10.4 Å². The van der Waals surface area contributed by atoms with E-state index >= 15 is 0 Å². The number of nitrogens with zero attached hydrogens (tertiary/aromatic N) is 2. The SMILES string of the molecule is Cn1nc(C(=O)Nc2ccc(C(F)(F)F)cc2)c2ccccc2c1=O. The smallest absolute Gasteiger partial charge is 0.321 e. The summed E-state index contributed by atoms with van der Waals surface area (Å²) in [5.41, 5.74) is -0.951. The van der Waals surface area contributed by atoms with Crippen molar-refractivity contribution in [1.29, 1.82) is 0 Å². The van der Waals surface area contributed by atoms with Crippen molar-refractivity contribution in [1.82, 2.24) is 9.78 Å². The van der Waals surface area contributed by atoms with Gasteiger partial charge < -0.3 is 5.32 Å². The van der Waals surface area contributed by atoms with Crippen molar-refractivity contribution in [3.05, 3.63) is 70.1 Å². The standard InChI is InChI=1S/C17H12F3N3O2/c1-23-16(25)13-5-3-2-4-12(13)14(22-23)15(24)21-11-8-6-10(7-9-11)17(18,19)20/h2-9H,1H3,(H,21,24). The van der Waals surface area contributed by atoms with E-state index < -0.39 is 17.6 Å². The predicted molar refractivity (Wildman–Crippen MR) is 86.4 cm³/mol. The van der Waals surface area contributed by atoms with Gasteiger partial charge in [-0.05, 0) is 30.3 Å². The van der Waals surface area contributed by atoms with Crippen LogP contribution in [0.5, 0.6) is 0 Å².